The highest BCUT2D eigenvalue weighted by Crippen LogP contribution is 2.21. The van der Waals surface area contributed by atoms with E-state index in [0.29, 0.717) is 11.4 Å². The molecule has 1 atom stereocenters. The van der Waals surface area contributed by atoms with Crippen molar-refractivity contribution in [3.63, 3.8) is 0 Å². The molecule has 9 heteroatoms. The minimum atomic E-state index is -3.92. The van der Waals surface area contributed by atoms with Crippen molar-refractivity contribution >= 4 is 27.6 Å². The minimum Gasteiger partial charge on any atom is -0.497 e. The normalized spacial score (nSPS) is 16.5. The van der Waals surface area contributed by atoms with Gasteiger partial charge in [-0.15, -0.1) is 0 Å². The lowest BCUT2D eigenvalue weighted by atomic mass is 10.2. The number of ether oxygens (including phenoxy) is 3. The van der Waals surface area contributed by atoms with Gasteiger partial charge in [0.05, 0.1) is 24.2 Å². The van der Waals surface area contributed by atoms with E-state index in [1.165, 1.54) is 31.4 Å². The average molecular weight is 391 g/mol. The number of benzene rings is 2. The standard InChI is InChI=1S/C18H17NO7S/c1-24-14-7-5-13(6-8-14)19-27(22,23)15-4-2-3-12(11-15)17(20)26-16-9-10-25-18(16)21/h2-8,11,16,19H,9-10H2,1H3/t16-/m1/s1. The van der Waals surface area contributed by atoms with Crippen LogP contribution in [-0.4, -0.2) is 40.2 Å². The number of sulfonamides is 1. The highest BCUT2D eigenvalue weighted by atomic mass is 32.2. The Balaban J connectivity index is 1.76. The zero-order valence-electron chi connectivity index (χ0n) is 14.4. The minimum absolute atomic E-state index is 0.0207. The molecule has 0 amide bonds. The molecule has 0 unspecified atom stereocenters. The van der Waals surface area contributed by atoms with Gasteiger partial charge in [0, 0.05) is 12.1 Å². The van der Waals surface area contributed by atoms with Crippen LogP contribution in [0.4, 0.5) is 5.69 Å². The lowest BCUT2D eigenvalue weighted by Crippen LogP contribution is -2.23. The highest BCUT2D eigenvalue weighted by Gasteiger charge is 2.30. The summed E-state index contributed by atoms with van der Waals surface area (Å²) in [7, 11) is -2.41. The van der Waals surface area contributed by atoms with Crippen molar-refractivity contribution in [3.05, 3.63) is 54.1 Å². The van der Waals surface area contributed by atoms with Crippen LogP contribution in [0.15, 0.2) is 53.4 Å². The molecule has 1 fully saturated rings. The number of rotatable bonds is 6. The molecule has 1 aliphatic rings. The summed E-state index contributed by atoms with van der Waals surface area (Å²) in [4.78, 5) is 23.5. The van der Waals surface area contributed by atoms with E-state index in [0.717, 1.165) is 0 Å². The van der Waals surface area contributed by atoms with Gasteiger partial charge in [0.2, 0.25) is 6.10 Å². The summed E-state index contributed by atoms with van der Waals surface area (Å²) in [5, 5.41) is 0. The largest absolute Gasteiger partial charge is 0.497 e. The number of carbonyl (C=O) groups is 2. The lowest BCUT2D eigenvalue weighted by molar-refractivity contribution is -0.145. The molecule has 27 heavy (non-hydrogen) atoms. The summed E-state index contributed by atoms with van der Waals surface area (Å²) >= 11 is 0. The first kappa shape index (κ1) is 18.7. The molecule has 1 saturated heterocycles. The first-order valence-corrected chi connectivity index (χ1v) is 9.52. The van der Waals surface area contributed by atoms with Gasteiger partial charge in [0.1, 0.15) is 5.75 Å². The molecule has 1 N–H and O–H groups in total. The molecule has 2 aromatic rings. The van der Waals surface area contributed by atoms with E-state index >= 15 is 0 Å². The lowest BCUT2D eigenvalue weighted by Gasteiger charge is -2.11. The molecule has 3 rings (SSSR count). The van der Waals surface area contributed by atoms with Crippen LogP contribution in [0.25, 0.3) is 0 Å². The van der Waals surface area contributed by atoms with E-state index in [-0.39, 0.29) is 23.5 Å². The number of methoxy groups -OCH3 is 1. The Kier molecular flexibility index (Phi) is 5.31. The van der Waals surface area contributed by atoms with Crippen molar-refractivity contribution in [2.24, 2.45) is 0 Å². The fourth-order valence-corrected chi connectivity index (χ4v) is 3.55. The van der Waals surface area contributed by atoms with Gasteiger partial charge in [-0.3, -0.25) is 4.72 Å². The summed E-state index contributed by atoms with van der Waals surface area (Å²) < 4.78 is 42.4. The Morgan fingerprint density at radius 3 is 2.56 bits per heavy atom. The number of hydrogen-bond acceptors (Lipinski definition) is 7. The first-order valence-electron chi connectivity index (χ1n) is 8.03. The molecule has 1 heterocycles. The molecule has 2 aromatic carbocycles. The van der Waals surface area contributed by atoms with E-state index in [1.54, 1.807) is 24.3 Å². The van der Waals surface area contributed by atoms with E-state index in [1.807, 2.05) is 0 Å². The van der Waals surface area contributed by atoms with Crippen molar-refractivity contribution in [2.75, 3.05) is 18.4 Å². The predicted molar refractivity (Wildman–Crippen MR) is 95.0 cm³/mol. The monoisotopic (exact) mass is 391 g/mol. The van der Waals surface area contributed by atoms with Crippen molar-refractivity contribution in [1.29, 1.82) is 0 Å². The second kappa shape index (κ2) is 7.67. The molecule has 0 saturated carbocycles. The quantitative estimate of drug-likeness (QED) is 0.750. The van der Waals surface area contributed by atoms with Gasteiger partial charge in [-0.2, -0.15) is 0 Å². The van der Waals surface area contributed by atoms with Gasteiger partial charge in [0.15, 0.2) is 0 Å². The van der Waals surface area contributed by atoms with Crippen molar-refractivity contribution in [1.82, 2.24) is 0 Å². The van der Waals surface area contributed by atoms with E-state index in [9.17, 15) is 18.0 Å². The highest BCUT2D eigenvalue weighted by molar-refractivity contribution is 7.92. The molecule has 0 aliphatic carbocycles. The maximum Gasteiger partial charge on any atom is 0.347 e. The number of carbonyl (C=O) groups excluding carboxylic acids is 2. The Morgan fingerprint density at radius 2 is 1.93 bits per heavy atom. The number of nitrogens with one attached hydrogen (secondary N) is 1. The average Bonchev–Trinajstić information content (AvgIpc) is 3.07. The topological polar surface area (TPSA) is 108 Å². The summed E-state index contributed by atoms with van der Waals surface area (Å²) in [6, 6.07) is 11.7. The zero-order valence-corrected chi connectivity index (χ0v) is 15.2. The van der Waals surface area contributed by atoms with E-state index in [4.69, 9.17) is 14.2 Å². The van der Waals surface area contributed by atoms with Crippen LogP contribution in [-0.2, 0) is 24.3 Å². The summed E-state index contributed by atoms with van der Waals surface area (Å²) in [5.41, 5.74) is 0.366. The van der Waals surface area contributed by atoms with Crippen LogP contribution < -0.4 is 9.46 Å². The third-order valence-electron chi connectivity index (χ3n) is 3.86. The number of cyclic esters (lactones) is 1. The molecule has 0 spiro atoms. The second-order valence-electron chi connectivity index (χ2n) is 5.71. The van der Waals surface area contributed by atoms with Crippen molar-refractivity contribution in [2.45, 2.75) is 17.4 Å². The van der Waals surface area contributed by atoms with E-state index < -0.39 is 28.1 Å². The first-order chi connectivity index (χ1) is 12.9. The van der Waals surface area contributed by atoms with Gasteiger partial charge in [0.25, 0.3) is 10.0 Å². The maximum atomic E-state index is 12.6. The molecule has 1 aliphatic heterocycles. The van der Waals surface area contributed by atoms with E-state index in [2.05, 4.69) is 4.72 Å². The Labute approximate surface area is 156 Å². The molecule has 0 aromatic heterocycles. The number of hydrogen-bond donors (Lipinski definition) is 1. The Bertz CT molecular complexity index is 954. The van der Waals surface area contributed by atoms with Crippen molar-refractivity contribution < 1.29 is 32.2 Å². The fraction of sp³-hybridized carbons (Fsp3) is 0.222. The van der Waals surface area contributed by atoms with Crippen LogP contribution in [0.1, 0.15) is 16.8 Å². The second-order valence-corrected chi connectivity index (χ2v) is 7.39. The zero-order chi connectivity index (χ0) is 19.4. The molecule has 142 valence electrons. The molecule has 0 radical (unpaired) electrons. The van der Waals surface area contributed by atoms with Gasteiger partial charge < -0.3 is 14.2 Å². The smallest absolute Gasteiger partial charge is 0.347 e. The van der Waals surface area contributed by atoms with Gasteiger partial charge in [-0.05, 0) is 42.5 Å². The van der Waals surface area contributed by atoms with Gasteiger partial charge in [-0.1, -0.05) is 6.07 Å². The van der Waals surface area contributed by atoms with Crippen molar-refractivity contribution in [3.8, 4) is 5.75 Å². The third kappa shape index (κ3) is 4.37. The Morgan fingerprint density at radius 1 is 1.19 bits per heavy atom. The SMILES string of the molecule is COc1ccc(NS(=O)(=O)c2cccc(C(=O)O[C@@H]3CCOC3=O)c2)cc1. The predicted octanol–water partition coefficient (Wildman–Crippen LogP) is 1.97. The van der Waals surface area contributed by atoms with Gasteiger partial charge in [-0.25, -0.2) is 18.0 Å². The fourth-order valence-electron chi connectivity index (χ4n) is 2.45. The molecular weight excluding hydrogens is 374 g/mol. The van der Waals surface area contributed by atoms with Crippen LogP contribution in [0, 0.1) is 0 Å². The molecule has 8 nitrogen and oxygen atoms in total. The molecule has 0 bridgehead atoms. The Hall–Kier alpha value is -3.07. The summed E-state index contributed by atoms with van der Waals surface area (Å²) in [6.45, 7) is 0.191. The summed E-state index contributed by atoms with van der Waals surface area (Å²) in [5.74, 6) is -0.804. The van der Waals surface area contributed by atoms with Gasteiger partial charge >= 0.3 is 11.9 Å². The van der Waals surface area contributed by atoms with Crippen LogP contribution >= 0.6 is 0 Å². The number of esters is 2. The third-order valence-corrected chi connectivity index (χ3v) is 5.24. The maximum absolute atomic E-state index is 12.6. The summed E-state index contributed by atoms with van der Waals surface area (Å²) in [6.07, 6.45) is -0.683. The number of anilines is 1. The molecular formula is C18H17NO7S. The van der Waals surface area contributed by atoms with Crippen LogP contribution in [0.5, 0.6) is 5.75 Å². The van der Waals surface area contributed by atoms with Crippen LogP contribution in [0.2, 0.25) is 0 Å². The van der Waals surface area contributed by atoms with Crippen LogP contribution in [0.3, 0.4) is 0 Å².